The van der Waals surface area contributed by atoms with Gasteiger partial charge in [0.1, 0.15) is 11.5 Å². The Labute approximate surface area is 123 Å². The van der Waals surface area contributed by atoms with Crippen LogP contribution in [-0.4, -0.2) is 10.2 Å². The van der Waals surface area contributed by atoms with E-state index in [1.54, 1.807) is 0 Å². The Morgan fingerprint density at radius 1 is 1.00 bits per heavy atom. The first kappa shape index (κ1) is 16.6. The van der Waals surface area contributed by atoms with Crippen LogP contribution in [-0.2, 0) is 12.8 Å². The lowest BCUT2D eigenvalue weighted by Gasteiger charge is -2.18. The molecule has 0 bridgehead atoms. The lowest BCUT2D eigenvalue weighted by molar-refractivity contribution is 0.438. The van der Waals surface area contributed by atoms with Gasteiger partial charge in [0.15, 0.2) is 0 Å². The maximum Gasteiger partial charge on any atom is 0.122 e. The van der Waals surface area contributed by atoms with Gasteiger partial charge in [-0.2, -0.15) is 0 Å². The van der Waals surface area contributed by atoms with Gasteiger partial charge in [-0.1, -0.05) is 25.5 Å². The SMILES string of the molecule is CC(C)=CCc1c(O)c(C)c(C)c(O)c1CCC(C)C. The van der Waals surface area contributed by atoms with E-state index in [0.29, 0.717) is 23.8 Å². The molecule has 0 fully saturated rings. The van der Waals surface area contributed by atoms with Crippen LogP contribution in [0.5, 0.6) is 11.5 Å². The summed E-state index contributed by atoms with van der Waals surface area (Å²) in [6, 6.07) is 0. The van der Waals surface area contributed by atoms with Crippen LogP contribution in [0.25, 0.3) is 0 Å². The minimum absolute atomic E-state index is 0.344. The van der Waals surface area contributed by atoms with Crippen LogP contribution in [0.2, 0.25) is 0 Å². The third-order valence-electron chi connectivity index (χ3n) is 3.90. The van der Waals surface area contributed by atoms with E-state index in [1.807, 2.05) is 27.7 Å². The van der Waals surface area contributed by atoms with Crippen molar-refractivity contribution in [2.45, 2.75) is 60.8 Å². The predicted octanol–water partition coefficient (Wildman–Crippen LogP) is 4.81. The Bertz CT molecular complexity index is 507. The summed E-state index contributed by atoms with van der Waals surface area (Å²) in [4.78, 5) is 0. The molecule has 1 aromatic carbocycles. The van der Waals surface area contributed by atoms with Gasteiger partial charge in [-0.05, 0) is 64.0 Å². The Morgan fingerprint density at radius 2 is 1.50 bits per heavy atom. The van der Waals surface area contributed by atoms with Crippen molar-refractivity contribution in [3.8, 4) is 11.5 Å². The van der Waals surface area contributed by atoms with Crippen LogP contribution >= 0.6 is 0 Å². The van der Waals surface area contributed by atoms with Crippen molar-refractivity contribution < 1.29 is 10.2 Å². The molecule has 0 aromatic heterocycles. The Hall–Kier alpha value is -1.44. The molecule has 0 atom stereocenters. The molecule has 0 radical (unpaired) electrons. The average molecular weight is 276 g/mol. The molecule has 2 heteroatoms. The normalized spacial score (nSPS) is 10.9. The van der Waals surface area contributed by atoms with Gasteiger partial charge in [0.25, 0.3) is 0 Å². The number of aromatic hydroxyl groups is 2. The van der Waals surface area contributed by atoms with Crippen LogP contribution in [0.15, 0.2) is 11.6 Å². The highest BCUT2D eigenvalue weighted by Gasteiger charge is 2.18. The summed E-state index contributed by atoms with van der Waals surface area (Å²) >= 11 is 0. The molecule has 0 amide bonds. The summed E-state index contributed by atoms with van der Waals surface area (Å²) in [5.74, 6) is 1.28. The van der Waals surface area contributed by atoms with Crippen molar-refractivity contribution in [3.63, 3.8) is 0 Å². The molecule has 1 rings (SSSR count). The van der Waals surface area contributed by atoms with Crippen LogP contribution in [0.4, 0.5) is 0 Å². The zero-order chi connectivity index (χ0) is 15.4. The minimum Gasteiger partial charge on any atom is -0.507 e. The first-order chi connectivity index (χ1) is 9.25. The summed E-state index contributed by atoms with van der Waals surface area (Å²) < 4.78 is 0. The highest BCUT2D eigenvalue weighted by atomic mass is 16.3. The molecule has 0 saturated carbocycles. The van der Waals surface area contributed by atoms with Gasteiger partial charge in [0, 0.05) is 11.1 Å². The standard InChI is InChI=1S/C18H28O2/c1-11(2)7-9-15-16(10-8-12(3)4)18(20)14(6)13(5)17(15)19/h7,12,19-20H,8-10H2,1-6H3. The summed E-state index contributed by atoms with van der Waals surface area (Å²) in [6.07, 6.45) is 4.60. The fourth-order valence-corrected chi connectivity index (χ4v) is 2.32. The first-order valence-electron chi connectivity index (χ1n) is 7.41. The molecule has 2 nitrogen and oxygen atoms in total. The number of benzene rings is 1. The minimum atomic E-state index is 0.344. The number of phenols is 2. The van der Waals surface area contributed by atoms with Crippen LogP contribution < -0.4 is 0 Å². The fourth-order valence-electron chi connectivity index (χ4n) is 2.32. The molecule has 20 heavy (non-hydrogen) atoms. The zero-order valence-electron chi connectivity index (χ0n) is 13.7. The monoisotopic (exact) mass is 276 g/mol. The number of hydrogen-bond donors (Lipinski definition) is 2. The second kappa shape index (κ2) is 6.83. The van der Waals surface area contributed by atoms with Crippen LogP contribution in [0.3, 0.4) is 0 Å². The summed E-state index contributed by atoms with van der Waals surface area (Å²) in [7, 11) is 0. The molecule has 0 spiro atoms. The average Bonchev–Trinajstić information content (AvgIpc) is 2.37. The summed E-state index contributed by atoms with van der Waals surface area (Å²) in [6.45, 7) is 12.2. The highest BCUT2D eigenvalue weighted by Crippen LogP contribution is 2.38. The number of allylic oxidation sites excluding steroid dienone is 2. The van der Waals surface area contributed by atoms with Gasteiger partial charge in [-0.15, -0.1) is 0 Å². The molecule has 0 saturated heterocycles. The zero-order valence-corrected chi connectivity index (χ0v) is 13.7. The predicted molar refractivity (Wildman–Crippen MR) is 85.5 cm³/mol. The molecule has 112 valence electrons. The quantitative estimate of drug-likeness (QED) is 0.598. The van der Waals surface area contributed by atoms with E-state index in [9.17, 15) is 10.2 Å². The number of phenolic OH excluding ortho intramolecular Hbond substituents is 2. The third-order valence-corrected chi connectivity index (χ3v) is 3.90. The molecular weight excluding hydrogens is 248 g/mol. The van der Waals surface area contributed by atoms with Gasteiger partial charge >= 0.3 is 0 Å². The Balaban J connectivity index is 3.32. The van der Waals surface area contributed by atoms with Gasteiger partial charge < -0.3 is 10.2 Å². The van der Waals surface area contributed by atoms with E-state index in [2.05, 4.69) is 19.9 Å². The summed E-state index contributed by atoms with van der Waals surface area (Å²) in [5, 5.41) is 20.9. The maximum atomic E-state index is 10.4. The third kappa shape index (κ3) is 3.78. The molecule has 0 unspecified atom stereocenters. The van der Waals surface area contributed by atoms with Crippen molar-refractivity contribution >= 4 is 0 Å². The number of hydrogen-bond acceptors (Lipinski definition) is 2. The largest absolute Gasteiger partial charge is 0.507 e. The first-order valence-corrected chi connectivity index (χ1v) is 7.41. The lowest BCUT2D eigenvalue weighted by atomic mass is 9.90. The second-order valence-corrected chi connectivity index (χ2v) is 6.32. The molecule has 1 aromatic rings. The van der Waals surface area contributed by atoms with Crippen molar-refractivity contribution in [2.75, 3.05) is 0 Å². The van der Waals surface area contributed by atoms with Crippen molar-refractivity contribution in [1.82, 2.24) is 0 Å². The van der Waals surface area contributed by atoms with Crippen molar-refractivity contribution in [1.29, 1.82) is 0 Å². The molecule has 0 aliphatic heterocycles. The van der Waals surface area contributed by atoms with Gasteiger partial charge in [-0.3, -0.25) is 0 Å². The smallest absolute Gasteiger partial charge is 0.122 e. The van der Waals surface area contributed by atoms with E-state index < -0.39 is 0 Å². The van der Waals surface area contributed by atoms with E-state index in [1.165, 1.54) is 5.57 Å². The van der Waals surface area contributed by atoms with Crippen molar-refractivity contribution in [3.05, 3.63) is 33.9 Å². The second-order valence-electron chi connectivity index (χ2n) is 6.32. The Kier molecular flexibility index (Phi) is 5.67. The topological polar surface area (TPSA) is 40.5 Å². The van der Waals surface area contributed by atoms with Gasteiger partial charge in [-0.25, -0.2) is 0 Å². The molecule has 0 aliphatic carbocycles. The van der Waals surface area contributed by atoms with Crippen LogP contribution in [0, 0.1) is 19.8 Å². The van der Waals surface area contributed by atoms with E-state index in [-0.39, 0.29) is 0 Å². The van der Waals surface area contributed by atoms with Crippen molar-refractivity contribution in [2.24, 2.45) is 5.92 Å². The molecule has 0 aliphatic rings. The van der Waals surface area contributed by atoms with Crippen LogP contribution in [0.1, 0.15) is 56.4 Å². The van der Waals surface area contributed by atoms with Gasteiger partial charge in [0.2, 0.25) is 0 Å². The van der Waals surface area contributed by atoms with E-state index >= 15 is 0 Å². The van der Waals surface area contributed by atoms with E-state index in [4.69, 9.17) is 0 Å². The number of rotatable bonds is 5. The fraction of sp³-hybridized carbons (Fsp3) is 0.556. The maximum absolute atomic E-state index is 10.4. The molecule has 0 heterocycles. The van der Waals surface area contributed by atoms with Gasteiger partial charge in [0.05, 0.1) is 0 Å². The Morgan fingerprint density at radius 3 is 1.95 bits per heavy atom. The lowest BCUT2D eigenvalue weighted by Crippen LogP contribution is -2.02. The summed E-state index contributed by atoms with van der Waals surface area (Å²) in [5.41, 5.74) is 4.59. The molecule has 2 N–H and O–H groups in total. The highest BCUT2D eigenvalue weighted by molar-refractivity contribution is 5.57. The molecular formula is C18H28O2. The van der Waals surface area contributed by atoms with E-state index in [0.717, 1.165) is 35.1 Å².